The summed E-state index contributed by atoms with van der Waals surface area (Å²) >= 11 is 0. The summed E-state index contributed by atoms with van der Waals surface area (Å²) in [7, 11) is 2.11. The first kappa shape index (κ1) is 21.2. The number of carbonyl (C=O) groups is 1. The SMILES string of the molecule is CC(=O)O[C@H]1CC[C@@]2(C)C(=CC[C@@H]3[C@@H]2CC[C@]2(C)C(c4c5ccccc5nn4C)=CC[C@@H]32)C1. The average Bonchev–Trinajstić information content (AvgIpc) is 3.29. The maximum atomic E-state index is 11.5. The number of hydrogen-bond donors (Lipinski definition) is 0. The van der Waals surface area contributed by atoms with Gasteiger partial charge in [0.05, 0.1) is 11.2 Å². The van der Waals surface area contributed by atoms with Crippen LogP contribution in [0, 0.1) is 28.6 Å². The molecule has 4 aliphatic carbocycles. The third kappa shape index (κ3) is 3.02. The molecule has 0 saturated heterocycles. The summed E-state index contributed by atoms with van der Waals surface area (Å²) in [6.45, 7) is 6.59. The largest absolute Gasteiger partial charge is 0.462 e. The molecule has 4 aliphatic rings. The molecule has 174 valence electrons. The number of aryl methyl sites for hydroxylation is 1. The molecule has 1 aromatic carbocycles. The van der Waals surface area contributed by atoms with Crippen LogP contribution in [0.25, 0.3) is 16.5 Å². The molecular formula is C29H36N2O2. The highest BCUT2D eigenvalue weighted by atomic mass is 16.5. The van der Waals surface area contributed by atoms with E-state index in [1.807, 2.05) is 0 Å². The summed E-state index contributed by atoms with van der Waals surface area (Å²) < 4.78 is 7.73. The Labute approximate surface area is 197 Å². The number of carbonyl (C=O) groups excluding carboxylic acids is 1. The van der Waals surface area contributed by atoms with Gasteiger partial charge >= 0.3 is 5.97 Å². The molecule has 0 unspecified atom stereocenters. The van der Waals surface area contributed by atoms with Crippen molar-refractivity contribution in [3.63, 3.8) is 0 Å². The molecule has 4 nitrogen and oxygen atoms in total. The first-order valence-corrected chi connectivity index (χ1v) is 12.8. The lowest BCUT2D eigenvalue weighted by Crippen LogP contribution is -2.50. The van der Waals surface area contributed by atoms with E-state index in [9.17, 15) is 4.79 Å². The molecule has 4 heteroatoms. The monoisotopic (exact) mass is 444 g/mol. The number of esters is 1. The van der Waals surface area contributed by atoms with E-state index in [-0.39, 0.29) is 22.9 Å². The lowest BCUT2D eigenvalue weighted by atomic mass is 9.47. The van der Waals surface area contributed by atoms with Crippen LogP contribution in [0.3, 0.4) is 0 Å². The van der Waals surface area contributed by atoms with Gasteiger partial charge in [-0.1, -0.05) is 49.8 Å². The van der Waals surface area contributed by atoms with Gasteiger partial charge in [-0.25, -0.2) is 0 Å². The second-order valence-corrected chi connectivity index (χ2v) is 11.5. The number of ether oxygens (including phenoxy) is 1. The van der Waals surface area contributed by atoms with Crippen molar-refractivity contribution in [2.75, 3.05) is 0 Å². The van der Waals surface area contributed by atoms with Gasteiger partial charge in [-0.3, -0.25) is 9.48 Å². The maximum Gasteiger partial charge on any atom is 0.302 e. The van der Waals surface area contributed by atoms with Gasteiger partial charge in [-0.05, 0) is 78.7 Å². The van der Waals surface area contributed by atoms with Gasteiger partial charge in [0, 0.05) is 25.8 Å². The van der Waals surface area contributed by atoms with E-state index < -0.39 is 0 Å². The van der Waals surface area contributed by atoms with Crippen molar-refractivity contribution < 1.29 is 9.53 Å². The zero-order valence-electron chi connectivity index (χ0n) is 20.4. The number of allylic oxidation sites excluding steroid dienone is 3. The van der Waals surface area contributed by atoms with E-state index in [1.54, 1.807) is 5.57 Å². The van der Waals surface area contributed by atoms with Crippen molar-refractivity contribution >= 4 is 22.4 Å². The Morgan fingerprint density at radius 1 is 1.06 bits per heavy atom. The fourth-order valence-electron chi connectivity index (χ4n) is 8.36. The number of benzene rings is 1. The highest BCUT2D eigenvalue weighted by molar-refractivity contribution is 5.92. The van der Waals surface area contributed by atoms with Gasteiger partial charge in [-0.15, -0.1) is 0 Å². The van der Waals surface area contributed by atoms with Crippen LogP contribution in [0.2, 0.25) is 0 Å². The molecule has 6 atom stereocenters. The van der Waals surface area contributed by atoms with Crippen LogP contribution < -0.4 is 0 Å². The van der Waals surface area contributed by atoms with Crippen molar-refractivity contribution in [1.82, 2.24) is 9.78 Å². The highest BCUT2D eigenvalue weighted by Gasteiger charge is 2.57. The van der Waals surface area contributed by atoms with Crippen molar-refractivity contribution in [3.8, 4) is 0 Å². The second kappa shape index (κ2) is 7.32. The summed E-state index contributed by atoms with van der Waals surface area (Å²) in [5.74, 6) is 2.03. The normalized spacial score (nSPS) is 37.6. The van der Waals surface area contributed by atoms with Gasteiger partial charge in [-0.2, -0.15) is 5.10 Å². The molecule has 33 heavy (non-hydrogen) atoms. The molecule has 0 radical (unpaired) electrons. The molecule has 2 aromatic rings. The minimum atomic E-state index is -0.140. The van der Waals surface area contributed by atoms with Crippen molar-refractivity contribution in [1.29, 1.82) is 0 Å². The summed E-state index contributed by atoms with van der Waals surface area (Å²) in [5.41, 5.74) is 6.00. The van der Waals surface area contributed by atoms with Crippen LogP contribution in [-0.2, 0) is 16.6 Å². The molecule has 0 aliphatic heterocycles. The lowest BCUT2D eigenvalue weighted by molar-refractivity contribution is -0.148. The molecule has 0 spiro atoms. The number of rotatable bonds is 2. The lowest BCUT2D eigenvalue weighted by Gasteiger charge is -2.57. The molecule has 0 bridgehead atoms. The first-order valence-electron chi connectivity index (χ1n) is 12.8. The minimum absolute atomic E-state index is 0.0742. The maximum absolute atomic E-state index is 11.5. The summed E-state index contributed by atoms with van der Waals surface area (Å²) in [5, 5.41) is 6.12. The van der Waals surface area contributed by atoms with E-state index in [2.05, 4.69) is 62.0 Å². The Morgan fingerprint density at radius 2 is 1.85 bits per heavy atom. The predicted octanol–water partition coefficient (Wildman–Crippen LogP) is 6.46. The molecule has 2 fully saturated rings. The fourth-order valence-corrected chi connectivity index (χ4v) is 8.36. The Bertz CT molecular complexity index is 1190. The third-order valence-corrected chi connectivity index (χ3v) is 9.97. The molecule has 0 amide bonds. The quantitative estimate of drug-likeness (QED) is 0.394. The number of fused-ring (bicyclic) bond motifs is 6. The zero-order chi connectivity index (χ0) is 23.0. The average molecular weight is 445 g/mol. The van der Waals surface area contributed by atoms with Crippen LogP contribution in [-0.4, -0.2) is 21.9 Å². The van der Waals surface area contributed by atoms with Crippen LogP contribution in [0.1, 0.15) is 71.4 Å². The van der Waals surface area contributed by atoms with Crippen molar-refractivity contribution in [3.05, 3.63) is 47.7 Å². The van der Waals surface area contributed by atoms with Gasteiger partial charge in [0.1, 0.15) is 6.10 Å². The third-order valence-electron chi connectivity index (χ3n) is 9.97. The van der Waals surface area contributed by atoms with E-state index >= 15 is 0 Å². The molecule has 1 aromatic heterocycles. The molecule has 0 N–H and O–H groups in total. The molecule has 1 heterocycles. The molecule has 6 rings (SSSR count). The fraction of sp³-hybridized carbons (Fsp3) is 0.586. The van der Waals surface area contributed by atoms with Crippen LogP contribution >= 0.6 is 0 Å². The van der Waals surface area contributed by atoms with Crippen LogP contribution in [0.15, 0.2) is 42.0 Å². The van der Waals surface area contributed by atoms with E-state index in [0.717, 1.165) is 36.6 Å². The smallest absolute Gasteiger partial charge is 0.302 e. The first-order chi connectivity index (χ1) is 15.8. The molecule has 2 saturated carbocycles. The summed E-state index contributed by atoms with van der Waals surface area (Å²) in [6.07, 6.45) is 13.2. The minimum Gasteiger partial charge on any atom is -0.462 e. The topological polar surface area (TPSA) is 44.1 Å². The Balaban J connectivity index is 1.32. The van der Waals surface area contributed by atoms with E-state index in [4.69, 9.17) is 9.84 Å². The van der Waals surface area contributed by atoms with Gasteiger partial charge in [0.25, 0.3) is 0 Å². The van der Waals surface area contributed by atoms with Gasteiger partial charge < -0.3 is 4.74 Å². The summed E-state index contributed by atoms with van der Waals surface area (Å²) in [6, 6.07) is 8.59. The highest BCUT2D eigenvalue weighted by Crippen LogP contribution is 2.66. The van der Waals surface area contributed by atoms with E-state index in [0.29, 0.717) is 5.92 Å². The van der Waals surface area contributed by atoms with E-state index in [1.165, 1.54) is 49.3 Å². The van der Waals surface area contributed by atoms with Crippen LogP contribution in [0.5, 0.6) is 0 Å². The Morgan fingerprint density at radius 3 is 2.67 bits per heavy atom. The molecular weight excluding hydrogens is 408 g/mol. The van der Waals surface area contributed by atoms with Gasteiger partial charge in [0.15, 0.2) is 0 Å². The Hall–Kier alpha value is -2.36. The van der Waals surface area contributed by atoms with Crippen molar-refractivity contribution in [2.24, 2.45) is 35.6 Å². The zero-order valence-corrected chi connectivity index (χ0v) is 20.4. The standard InChI is InChI=1S/C29H36N2O2/c1-18(32)33-20-13-15-28(2)19(17-20)9-10-21-23-11-12-25(29(23,3)16-14-24(21)28)27-22-7-5-6-8-26(22)30-31(27)4/h5-9,12,20-21,23-24H,10-11,13-17H2,1-4H3/t20-,21-,23-,24-,28-,29-/m0/s1. The van der Waals surface area contributed by atoms with Crippen LogP contribution in [0.4, 0.5) is 0 Å². The summed E-state index contributed by atoms with van der Waals surface area (Å²) in [4.78, 5) is 11.5. The second-order valence-electron chi connectivity index (χ2n) is 11.5. The number of aromatic nitrogens is 2. The number of hydrogen-bond acceptors (Lipinski definition) is 3. The Kier molecular flexibility index (Phi) is 4.70. The van der Waals surface area contributed by atoms with Crippen molar-refractivity contribution in [2.45, 2.75) is 71.8 Å². The van der Waals surface area contributed by atoms with Gasteiger partial charge in [0.2, 0.25) is 0 Å². The predicted molar refractivity (Wildman–Crippen MR) is 131 cm³/mol. The number of nitrogens with zero attached hydrogens (tertiary/aromatic N) is 2.